The Balaban J connectivity index is 1.96. The molecule has 0 spiro atoms. The molecule has 1 saturated heterocycles. The highest BCUT2D eigenvalue weighted by Gasteiger charge is 2.28. The van der Waals surface area contributed by atoms with Crippen molar-refractivity contribution in [3.63, 3.8) is 0 Å². The molecule has 1 aromatic rings. The molecule has 1 aromatic carbocycles. The predicted octanol–water partition coefficient (Wildman–Crippen LogP) is 3.60. The lowest BCUT2D eigenvalue weighted by atomic mass is 9.94. The Hall–Kier alpha value is -0.130. The van der Waals surface area contributed by atoms with Gasteiger partial charge in [0, 0.05) is 28.6 Å². The third-order valence-electron chi connectivity index (χ3n) is 4.17. The normalized spacial score (nSPS) is 25.0. The number of nitrogens with zero attached hydrogens (tertiary/aromatic N) is 1. The first-order valence-corrected chi connectivity index (χ1v) is 8.65. The van der Waals surface area contributed by atoms with Crippen molar-refractivity contribution in [1.29, 1.82) is 0 Å². The molecule has 2 atom stereocenters. The van der Waals surface area contributed by atoms with E-state index >= 15 is 0 Å². The molecule has 0 aromatic heterocycles. The van der Waals surface area contributed by atoms with Crippen molar-refractivity contribution in [2.24, 2.45) is 0 Å². The Morgan fingerprint density at radius 1 is 1.52 bits per heavy atom. The highest BCUT2D eigenvalue weighted by atomic mass is 79.9. The van der Waals surface area contributed by atoms with Crippen molar-refractivity contribution < 1.29 is 5.11 Å². The average molecular weight is 376 g/mol. The van der Waals surface area contributed by atoms with Gasteiger partial charge in [-0.3, -0.25) is 0 Å². The first kappa shape index (κ1) is 17.2. The molecule has 1 aliphatic rings. The van der Waals surface area contributed by atoms with Crippen LogP contribution >= 0.6 is 27.5 Å². The number of hydrogen-bond acceptors (Lipinski definition) is 3. The van der Waals surface area contributed by atoms with Crippen molar-refractivity contribution >= 4 is 27.5 Å². The van der Waals surface area contributed by atoms with Gasteiger partial charge >= 0.3 is 0 Å². The molecule has 0 bridgehead atoms. The molecule has 1 fully saturated rings. The van der Waals surface area contributed by atoms with Gasteiger partial charge in [-0.2, -0.15) is 0 Å². The Morgan fingerprint density at radius 3 is 2.90 bits per heavy atom. The van der Waals surface area contributed by atoms with E-state index in [0.717, 1.165) is 54.0 Å². The second-order valence-electron chi connectivity index (χ2n) is 6.17. The zero-order chi connectivity index (χ0) is 15.5. The topological polar surface area (TPSA) is 35.5 Å². The summed E-state index contributed by atoms with van der Waals surface area (Å²) in [6.45, 7) is 4.73. The smallest absolute Gasteiger partial charge is 0.0746 e. The summed E-state index contributed by atoms with van der Waals surface area (Å²) in [6, 6.07) is 6.27. The maximum atomic E-state index is 10.2. The van der Waals surface area contributed by atoms with Gasteiger partial charge in [0.2, 0.25) is 0 Å². The van der Waals surface area contributed by atoms with Crippen LogP contribution in [-0.2, 0) is 0 Å². The van der Waals surface area contributed by atoms with E-state index in [0.29, 0.717) is 0 Å². The monoisotopic (exact) mass is 374 g/mol. The summed E-state index contributed by atoms with van der Waals surface area (Å²) in [5, 5.41) is 14.3. The van der Waals surface area contributed by atoms with Gasteiger partial charge in [-0.25, -0.2) is 0 Å². The Labute approximate surface area is 140 Å². The van der Waals surface area contributed by atoms with Crippen LogP contribution in [0.2, 0.25) is 5.02 Å². The SMILES string of the molecule is CNC(CCN1CCCC(C)(O)C1)c1ccc(Br)cc1Cl. The number of hydrogen-bond donors (Lipinski definition) is 2. The van der Waals surface area contributed by atoms with Crippen molar-refractivity contribution in [3.05, 3.63) is 33.3 Å². The van der Waals surface area contributed by atoms with Crippen molar-refractivity contribution in [1.82, 2.24) is 10.2 Å². The molecule has 21 heavy (non-hydrogen) atoms. The van der Waals surface area contributed by atoms with Gasteiger partial charge in [-0.15, -0.1) is 0 Å². The van der Waals surface area contributed by atoms with E-state index in [-0.39, 0.29) is 6.04 Å². The van der Waals surface area contributed by atoms with E-state index in [1.54, 1.807) is 0 Å². The zero-order valence-corrected chi connectivity index (χ0v) is 15.0. The van der Waals surface area contributed by atoms with Crippen LogP contribution in [0.3, 0.4) is 0 Å². The molecule has 0 saturated carbocycles. The van der Waals surface area contributed by atoms with Gasteiger partial charge in [-0.1, -0.05) is 33.6 Å². The summed E-state index contributed by atoms with van der Waals surface area (Å²) < 4.78 is 0.998. The lowest BCUT2D eigenvalue weighted by Gasteiger charge is -2.37. The Morgan fingerprint density at radius 2 is 2.29 bits per heavy atom. The molecule has 2 rings (SSSR count). The molecule has 0 aliphatic carbocycles. The number of halogens is 2. The number of nitrogens with one attached hydrogen (secondary N) is 1. The molecule has 3 nitrogen and oxygen atoms in total. The first-order valence-electron chi connectivity index (χ1n) is 7.48. The lowest BCUT2D eigenvalue weighted by molar-refractivity contribution is -0.0163. The standard InChI is InChI=1S/C16H24BrClN2O/c1-16(21)7-3-8-20(11-16)9-6-15(19-2)13-5-4-12(17)10-14(13)18/h4-5,10,15,19,21H,3,6-9,11H2,1-2H3. The zero-order valence-electron chi connectivity index (χ0n) is 12.7. The minimum absolute atomic E-state index is 0.234. The van der Waals surface area contributed by atoms with Crippen LogP contribution in [0, 0.1) is 0 Å². The van der Waals surface area contributed by atoms with Gasteiger partial charge in [-0.05, 0) is 57.5 Å². The summed E-state index contributed by atoms with van der Waals surface area (Å²) >= 11 is 9.79. The summed E-state index contributed by atoms with van der Waals surface area (Å²) in [4.78, 5) is 2.35. The number of β-amino-alcohol motifs (C(OH)–C–C–N with tert-alkyl or cyclic N) is 1. The van der Waals surface area contributed by atoms with Crippen molar-refractivity contribution in [2.75, 3.05) is 26.7 Å². The molecule has 0 amide bonds. The first-order chi connectivity index (χ1) is 9.91. The van der Waals surface area contributed by atoms with Crippen LogP contribution in [0.25, 0.3) is 0 Å². The second kappa shape index (κ2) is 7.42. The number of aliphatic hydroxyl groups is 1. The third kappa shape index (κ3) is 4.93. The highest BCUT2D eigenvalue weighted by Crippen LogP contribution is 2.29. The molecular weight excluding hydrogens is 352 g/mol. The molecule has 5 heteroatoms. The molecule has 2 unspecified atom stereocenters. The molecule has 1 heterocycles. The largest absolute Gasteiger partial charge is 0.389 e. The number of rotatable bonds is 5. The van der Waals surface area contributed by atoms with E-state index in [9.17, 15) is 5.11 Å². The highest BCUT2D eigenvalue weighted by molar-refractivity contribution is 9.10. The van der Waals surface area contributed by atoms with E-state index in [2.05, 4.69) is 32.2 Å². The molecular formula is C16H24BrClN2O. The maximum absolute atomic E-state index is 10.2. The van der Waals surface area contributed by atoms with E-state index in [1.165, 1.54) is 0 Å². The fourth-order valence-corrected chi connectivity index (χ4v) is 3.87. The minimum Gasteiger partial charge on any atom is -0.389 e. The maximum Gasteiger partial charge on any atom is 0.0746 e. The number of piperidine rings is 1. The lowest BCUT2D eigenvalue weighted by Crippen LogP contribution is -2.46. The van der Waals surface area contributed by atoms with Crippen LogP contribution in [0.5, 0.6) is 0 Å². The van der Waals surface area contributed by atoms with Gasteiger partial charge < -0.3 is 15.3 Å². The molecule has 1 aliphatic heterocycles. The van der Waals surface area contributed by atoms with Crippen LogP contribution in [0.4, 0.5) is 0 Å². The van der Waals surface area contributed by atoms with Crippen LogP contribution < -0.4 is 5.32 Å². The predicted molar refractivity (Wildman–Crippen MR) is 91.9 cm³/mol. The summed E-state index contributed by atoms with van der Waals surface area (Å²) in [5.41, 5.74) is 0.592. The van der Waals surface area contributed by atoms with Gasteiger partial charge in [0.25, 0.3) is 0 Å². The Bertz CT molecular complexity index is 481. The van der Waals surface area contributed by atoms with Crippen LogP contribution in [0.15, 0.2) is 22.7 Å². The number of benzene rings is 1. The summed E-state index contributed by atoms with van der Waals surface area (Å²) in [5.74, 6) is 0. The van der Waals surface area contributed by atoms with Crippen molar-refractivity contribution in [2.45, 2.75) is 37.8 Å². The fraction of sp³-hybridized carbons (Fsp3) is 0.625. The van der Waals surface area contributed by atoms with Gasteiger partial charge in [0.05, 0.1) is 5.60 Å². The average Bonchev–Trinajstić information content (AvgIpc) is 2.40. The summed E-state index contributed by atoms with van der Waals surface area (Å²) in [7, 11) is 1.97. The fourth-order valence-electron chi connectivity index (χ4n) is 3.07. The van der Waals surface area contributed by atoms with Crippen molar-refractivity contribution in [3.8, 4) is 0 Å². The van der Waals surface area contributed by atoms with Gasteiger partial charge in [0.1, 0.15) is 0 Å². The third-order valence-corrected chi connectivity index (χ3v) is 4.99. The van der Waals surface area contributed by atoms with Crippen LogP contribution in [-0.4, -0.2) is 42.3 Å². The molecule has 118 valence electrons. The van der Waals surface area contributed by atoms with E-state index in [1.807, 2.05) is 26.1 Å². The summed E-state index contributed by atoms with van der Waals surface area (Å²) in [6.07, 6.45) is 2.95. The quantitative estimate of drug-likeness (QED) is 0.825. The molecule has 2 N–H and O–H groups in total. The van der Waals surface area contributed by atoms with E-state index in [4.69, 9.17) is 11.6 Å². The number of likely N-dealkylation sites (tertiary alicyclic amines) is 1. The Kier molecular flexibility index (Phi) is 6.09. The minimum atomic E-state index is -0.539. The molecule has 0 radical (unpaired) electrons. The van der Waals surface area contributed by atoms with Crippen LogP contribution in [0.1, 0.15) is 37.8 Å². The van der Waals surface area contributed by atoms with E-state index < -0.39 is 5.60 Å². The second-order valence-corrected chi connectivity index (χ2v) is 7.50. The van der Waals surface area contributed by atoms with Gasteiger partial charge in [0.15, 0.2) is 0 Å².